The van der Waals surface area contributed by atoms with E-state index in [2.05, 4.69) is 11.9 Å². The van der Waals surface area contributed by atoms with Crippen molar-refractivity contribution in [2.45, 2.75) is 32.7 Å². The number of carbonyl (C=O) groups excluding carboxylic acids is 1. The van der Waals surface area contributed by atoms with Gasteiger partial charge in [-0.05, 0) is 45.4 Å². The Labute approximate surface area is 163 Å². The standard InChI is InChI=1S/C21H26FN3O3/c1-3-28-21(27)19-16-6-4-5-7-25(16)17-13-18(15(22)12-14(17)20(19)26)24-10-8-23(2)9-11-24/h12-13H,3-11H2,1-2H3. The van der Waals surface area contributed by atoms with Gasteiger partial charge in [-0.2, -0.15) is 0 Å². The van der Waals surface area contributed by atoms with Crippen LogP contribution in [-0.2, 0) is 17.7 Å². The van der Waals surface area contributed by atoms with Gasteiger partial charge in [0.2, 0.25) is 5.43 Å². The Hall–Kier alpha value is -2.41. The van der Waals surface area contributed by atoms with Crippen molar-refractivity contribution in [2.75, 3.05) is 44.7 Å². The van der Waals surface area contributed by atoms with Gasteiger partial charge in [-0.1, -0.05) is 0 Å². The molecule has 1 fully saturated rings. The maximum atomic E-state index is 15.0. The number of pyridine rings is 1. The second-order valence-corrected chi connectivity index (χ2v) is 7.59. The number of likely N-dealkylation sites (N-methyl/N-ethyl adjacent to an activating group) is 1. The highest BCUT2D eigenvalue weighted by Crippen LogP contribution is 2.29. The fraction of sp³-hybridized carbons (Fsp3) is 0.524. The minimum absolute atomic E-state index is 0.0702. The normalized spacial score (nSPS) is 17.6. The number of hydrogen-bond donors (Lipinski definition) is 0. The second-order valence-electron chi connectivity index (χ2n) is 7.59. The Kier molecular flexibility index (Phi) is 5.10. The average molecular weight is 387 g/mol. The first-order chi connectivity index (χ1) is 13.5. The Morgan fingerprint density at radius 2 is 1.89 bits per heavy atom. The van der Waals surface area contributed by atoms with Crippen LogP contribution in [-0.4, -0.2) is 55.3 Å². The number of nitrogens with zero attached hydrogens (tertiary/aromatic N) is 3. The van der Waals surface area contributed by atoms with Gasteiger partial charge in [-0.3, -0.25) is 4.79 Å². The first-order valence-corrected chi connectivity index (χ1v) is 10.0. The molecule has 1 aromatic heterocycles. The third kappa shape index (κ3) is 3.17. The minimum atomic E-state index is -0.608. The highest BCUT2D eigenvalue weighted by molar-refractivity contribution is 5.96. The van der Waals surface area contributed by atoms with Crippen molar-refractivity contribution in [1.82, 2.24) is 9.47 Å². The fourth-order valence-electron chi connectivity index (χ4n) is 4.28. The number of halogens is 1. The number of hydrogen-bond acceptors (Lipinski definition) is 5. The highest BCUT2D eigenvalue weighted by atomic mass is 19.1. The van der Waals surface area contributed by atoms with Gasteiger partial charge in [0.15, 0.2) is 0 Å². The Morgan fingerprint density at radius 3 is 2.61 bits per heavy atom. The van der Waals surface area contributed by atoms with Crippen molar-refractivity contribution in [2.24, 2.45) is 0 Å². The summed E-state index contributed by atoms with van der Waals surface area (Å²) in [4.78, 5) is 29.8. The molecule has 1 saturated heterocycles. The molecule has 2 aromatic rings. The van der Waals surface area contributed by atoms with Crippen LogP contribution in [0, 0.1) is 5.82 Å². The molecule has 6 nitrogen and oxygen atoms in total. The monoisotopic (exact) mass is 387 g/mol. The largest absolute Gasteiger partial charge is 0.462 e. The van der Waals surface area contributed by atoms with Crippen molar-refractivity contribution in [3.63, 3.8) is 0 Å². The van der Waals surface area contributed by atoms with Crippen molar-refractivity contribution in [3.8, 4) is 0 Å². The lowest BCUT2D eigenvalue weighted by Gasteiger charge is -2.34. The van der Waals surface area contributed by atoms with E-state index in [4.69, 9.17) is 4.74 Å². The highest BCUT2D eigenvalue weighted by Gasteiger charge is 2.27. The van der Waals surface area contributed by atoms with E-state index in [1.165, 1.54) is 6.07 Å². The van der Waals surface area contributed by atoms with Crippen LogP contribution < -0.4 is 10.3 Å². The average Bonchev–Trinajstić information content (AvgIpc) is 2.69. The predicted molar refractivity (Wildman–Crippen MR) is 107 cm³/mol. The molecule has 0 saturated carbocycles. The molecule has 2 aliphatic rings. The van der Waals surface area contributed by atoms with Gasteiger partial charge >= 0.3 is 5.97 Å². The molecule has 0 unspecified atom stereocenters. The number of anilines is 1. The van der Waals surface area contributed by atoms with Crippen LogP contribution in [0.1, 0.15) is 35.8 Å². The number of carbonyl (C=O) groups is 1. The number of rotatable bonds is 3. The molecule has 3 heterocycles. The van der Waals surface area contributed by atoms with E-state index in [0.717, 1.165) is 44.7 Å². The first kappa shape index (κ1) is 18.9. The number of piperazine rings is 1. The van der Waals surface area contributed by atoms with Crippen LogP contribution in [0.3, 0.4) is 0 Å². The molecule has 7 heteroatoms. The summed E-state index contributed by atoms with van der Waals surface area (Å²) >= 11 is 0. The third-order valence-electron chi connectivity index (χ3n) is 5.81. The molecule has 0 bridgehead atoms. The number of aromatic nitrogens is 1. The maximum Gasteiger partial charge on any atom is 0.343 e. The van der Waals surface area contributed by atoms with Gasteiger partial charge in [0, 0.05) is 43.8 Å². The zero-order valence-corrected chi connectivity index (χ0v) is 16.5. The number of fused-ring (bicyclic) bond motifs is 3. The molecule has 1 aromatic carbocycles. The summed E-state index contributed by atoms with van der Waals surface area (Å²) in [6.45, 7) is 5.87. The summed E-state index contributed by atoms with van der Waals surface area (Å²) in [6, 6.07) is 3.09. The van der Waals surface area contributed by atoms with Crippen LogP contribution in [0.25, 0.3) is 10.9 Å². The molecule has 0 amide bonds. The Balaban J connectivity index is 1.91. The third-order valence-corrected chi connectivity index (χ3v) is 5.81. The molecule has 0 radical (unpaired) electrons. The number of ether oxygens (including phenoxy) is 1. The molecule has 28 heavy (non-hydrogen) atoms. The molecular weight excluding hydrogens is 361 g/mol. The van der Waals surface area contributed by atoms with Crippen molar-refractivity contribution in [1.29, 1.82) is 0 Å². The van der Waals surface area contributed by atoms with E-state index in [0.29, 0.717) is 24.2 Å². The van der Waals surface area contributed by atoms with Crippen LogP contribution in [0.2, 0.25) is 0 Å². The summed E-state index contributed by atoms with van der Waals surface area (Å²) in [7, 11) is 2.06. The summed E-state index contributed by atoms with van der Waals surface area (Å²) in [5, 5.41) is 0.254. The van der Waals surface area contributed by atoms with E-state index >= 15 is 0 Å². The van der Waals surface area contributed by atoms with Gasteiger partial charge in [0.1, 0.15) is 11.4 Å². The lowest BCUT2D eigenvalue weighted by molar-refractivity contribution is 0.0522. The predicted octanol–water partition coefficient (Wildman–Crippen LogP) is 2.41. The Morgan fingerprint density at radius 1 is 1.14 bits per heavy atom. The van der Waals surface area contributed by atoms with Crippen LogP contribution in [0.15, 0.2) is 16.9 Å². The van der Waals surface area contributed by atoms with Crippen molar-refractivity contribution < 1.29 is 13.9 Å². The maximum absolute atomic E-state index is 15.0. The topological polar surface area (TPSA) is 54.8 Å². The van der Waals surface area contributed by atoms with Gasteiger partial charge in [-0.15, -0.1) is 0 Å². The van der Waals surface area contributed by atoms with Crippen molar-refractivity contribution in [3.05, 3.63) is 39.4 Å². The summed E-state index contributed by atoms with van der Waals surface area (Å²) < 4.78 is 22.1. The molecule has 0 atom stereocenters. The molecular formula is C21H26FN3O3. The zero-order chi connectivity index (χ0) is 19.8. The SMILES string of the molecule is CCOC(=O)c1c2n(c3cc(N4CCN(C)CC4)c(F)cc3c1=O)CCCC2. The quantitative estimate of drug-likeness (QED) is 0.757. The minimum Gasteiger partial charge on any atom is -0.462 e. The molecule has 4 rings (SSSR count). The fourth-order valence-corrected chi connectivity index (χ4v) is 4.28. The van der Waals surface area contributed by atoms with E-state index in [1.54, 1.807) is 13.0 Å². The van der Waals surface area contributed by atoms with Gasteiger partial charge in [-0.25, -0.2) is 9.18 Å². The van der Waals surface area contributed by atoms with E-state index < -0.39 is 17.2 Å². The van der Waals surface area contributed by atoms with E-state index in [1.807, 2.05) is 9.47 Å². The first-order valence-electron chi connectivity index (χ1n) is 10.0. The second kappa shape index (κ2) is 7.54. The molecule has 0 aliphatic carbocycles. The lowest BCUT2D eigenvalue weighted by atomic mass is 9.99. The lowest BCUT2D eigenvalue weighted by Crippen LogP contribution is -2.44. The molecule has 0 N–H and O–H groups in total. The van der Waals surface area contributed by atoms with Crippen molar-refractivity contribution >= 4 is 22.6 Å². The van der Waals surface area contributed by atoms with Crippen LogP contribution in [0.4, 0.5) is 10.1 Å². The number of esters is 1. The van der Waals surface area contributed by atoms with E-state index in [9.17, 15) is 14.0 Å². The molecule has 0 spiro atoms. The van der Waals surface area contributed by atoms with Gasteiger partial charge < -0.3 is 19.1 Å². The Bertz CT molecular complexity index is 977. The summed E-state index contributed by atoms with van der Waals surface area (Å²) in [6.07, 6.45) is 2.54. The number of aryl methyl sites for hydroxylation is 1. The molecule has 2 aliphatic heterocycles. The van der Waals surface area contributed by atoms with E-state index in [-0.39, 0.29) is 17.6 Å². The van der Waals surface area contributed by atoms with Gasteiger partial charge in [0.25, 0.3) is 0 Å². The number of benzene rings is 1. The summed E-state index contributed by atoms with van der Waals surface area (Å²) in [5.41, 5.74) is 1.61. The van der Waals surface area contributed by atoms with Crippen LogP contribution in [0.5, 0.6) is 0 Å². The molecule has 150 valence electrons. The smallest absolute Gasteiger partial charge is 0.343 e. The van der Waals surface area contributed by atoms with Gasteiger partial charge in [0.05, 0.1) is 17.8 Å². The van der Waals surface area contributed by atoms with Crippen LogP contribution >= 0.6 is 0 Å². The zero-order valence-electron chi connectivity index (χ0n) is 16.5. The summed E-state index contributed by atoms with van der Waals surface area (Å²) in [5.74, 6) is -1.02.